The van der Waals surface area contributed by atoms with Gasteiger partial charge in [-0.05, 0) is 40.8 Å². The van der Waals surface area contributed by atoms with Crippen molar-refractivity contribution in [1.82, 2.24) is 0 Å². The Balaban J connectivity index is 1.96. The number of fused-ring (bicyclic) bond motifs is 1. The van der Waals surface area contributed by atoms with E-state index in [0.29, 0.717) is 10.9 Å². The highest BCUT2D eigenvalue weighted by Crippen LogP contribution is 2.62. The molecule has 0 unspecified atom stereocenters. The number of hydrogen-bond acceptors (Lipinski definition) is 1. The minimum absolute atomic E-state index is 0.0294. The van der Waals surface area contributed by atoms with Gasteiger partial charge in [-0.25, -0.2) is 9.29 Å². The highest BCUT2D eigenvalue weighted by atomic mass is 19.4. The molecule has 4 rings (SSSR count). The zero-order valence-corrected chi connectivity index (χ0v) is 13.4. The number of rotatable bonds is 2. The first-order valence-corrected chi connectivity index (χ1v) is 7.80. The number of alkyl halides is 6. The first-order chi connectivity index (χ1) is 12.6. The fraction of sp³-hybridized carbons (Fsp3) is 0.158. The fourth-order valence-corrected chi connectivity index (χ4v) is 3.17. The lowest BCUT2D eigenvalue weighted by Gasteiger charge is -2.53. The SMILES string of the molecule is Fc1ccc(-c2cc(N3C(F)(F)C(F)(F)C3(F)F)c3ccccc3c2)cc1. The van der Waals surface area contributed by atoms with Crippen molar-refractivity contribution >= 4 is 16.5 Å². The highest BCUT2D eigenvalue weighted by Gasteiger charge is 2.90. The van der Waals surface area contributed by atoms with Crippen LogP contribution < -0.4 is 4.90 Å². The summed E-state index contributed by atoms with van der Waals surface area (Å²) in [5.74, 6) is -6.03. The normalized spacial score (nSPS) is 19.7. The average Bonchev–Trinajstić information content (AvgIpc) is 2.61. The molecule has 8 heteroatoms. The molecule has 0 atom stereocenters. The zero-order valence-electron chi connectivity index (χ0n) is 13.4. The van der Waals surface area contributed by atoms with Gasteiger partial charge in [0.15, 0.2) is 0 Å². The highest BCUT2D eigenvalue weighted by molar-refractivity contribution is 5.99. The van der Waals surface area contributed by atoms with E-state index < -0.39 is 34.4 Å². The van der Waals surface area contributed by atoms with Crippen molar-refractivity contribution in [2.24, 2.45) is 0 Å². The van der Waals surface area contributed by atoms with E-state index in [9.17, 15) is 30.7 Å². The lowest BCUT2D eigenvalue weighted by Crippen LogP contribution is -2.82. The van der Waals surface area contributed by atoms with Crippen LogP contribution in [0.15, 0.2) is 60.7 Å². The van der Waals surface area contributed by atoms with Gasteiger partial charge in [-0.2, -0.15) is 26.3 Å². The molecule has 3 aromatic carbocycles. The van der Waals surface area contributed by atoms with E-state index in [4.69, 9.17) is 0 Å². The monoisotopic (exact) mass is 385 g/mol. The van der Waals surface area contributed by atoms with Gasteiger partial charge in [0.05, 0.1) is 5.69 Å². The van der Waals surface area contributed by atoms with E-state index in [2.05, 4.69) is 0 Å². The average molecular weight is 385 g/mol. The number of anilines is 1. The van der Waals surface area contributed by atoms with Crippen LogP contribution in [0.25, 0.3) is 21.9 Å². The molecule has 1 saturated heterocycles. The van der Waals surface area contributed by atoms with Crippen LogP contribution in [0.5, 0.6) is 0 Å². The van der Waals surface area contributed by atoms with Crippen molar-refractivity contribution < 1.29 is 30.7 Å². The summed E-state index contributed by atoms with van der Waals surface area (Å²) < 4.78 is 95.4. The lowest BCUT2D eigenvalue weighted by atomic mass is 9.95. The second-order valence-corrected chi connectivity index (χ2v) is 6.22. The summed E-state index contributed by atoms with van der Waals surface area (Å²) in [4.78, 5) is -0.852. The third kappa shape index (κ3) is 2.25. The summed E-state index contributed by atoms with van der Waals surface area (Å²) in [6, 6.07) is 3.07. The molecular formula is C19H10F7N. The zero-order chi connectivity index (χ0) is 19.6. The smallest absolute Gasteiger partial charge is 0.242 e. The molecule has 3 aromatic rings. The molecule has 1 aliphatic rings. The van der Waals surface area contributed by atoms with Crippen LogP contribution in [0.3, 0.4) is 0 Å². The van der Waals surface area contributed by atoms with Crippen molar-refractivity contribution in [1.29, 1.82) is 0 Å². The van der Waals surface area contributed by atoms with Gasteiger partial charge in [0, 0.05) is 5.39 Å². The molecule has 1 nitrogen and oxygen atoms in total. The molecule has 0 saturated carbocycles. The van der Waals surface area contributed by atoms with E-state index >= 15 is 0 Å². The molecule has 0 spiro atoms. The first kappa shape index (κ1) is 17.6. The largest absolute Gasteiger partial charge is 0.412 e. The van der Waals surface area contributed by atoms with Gasteiger partial charge in [-0.1, -0.05) is 36.4 Å². The molecule has 27 heavy (non-hydrogen) atoms. The van der Waals surface area contributed by atoms with Gasteiger partial charge in [-0.15, -0.1) is 0 Å². The number of benzene rings is 3. The number of nitrogens with zero attached hydrogens (tertiary/aromatic N) is 1. The predicted octanol–water partition coefficient (Wildman–Crippen LogP) is 6.29. The molecule has 1 aliphatic heterocycles. The summed E-state index contributed by atoms with van der Waals surface area (Å²) >= 11 is 0. The lowest BCUT2D eigenvalue weighted by molar-refractivity contribution is -0.391. The second kappa shape index (κ2) is 5.37. The molecular weight excluding hydrogens is 375 g/mol. The number of halogens is 7. The van der Waals surface area contributed by atoms with Gasteiger partial charge < -0.3 is 0 Å². The van der Waals surface area contributed by atoms with Crippen molar-refractivity contribution in [3.05, 3.63) is 66.5 Å². The summed E-state index contributed by atoms with van der Waals surface area (Å²) in [5, 5.41) is 0.273. The predicted molar refractivity (Wildman–Crippen MR) is 86.7 cm³/mol. The quantitative estimate of drug-likeness (QED) is 0.370. The van der Waals surface area contributed by atoms with Gasteiger partial charge in [0.1, 0.15) is 5.82 Å². The molecule has 1 heterocycles. The molecule has 0 radical (unpaired) electrons. The van der Waals surface area contributed by atoms with Gasteiger partial charge in [0.25, 0.3) is 0 Å². The summed E-state index contributed by atoms with van der Waals surface area (Å²) in [6.07, 6.45) is 0. The Bertz CT molecular complexity index is 1010. The Morgan fingerprint density at radius 2 is 1.26 bits per heavy atom. The van der Waals surface area contributed by atoms with Crippen molar-refractivity contribution in [3.8, 4) is 11.1 Å². The third-order valence-electron chi connectivity index (χ3n) is 4.58. The standard InChI is InChI=1S/C19H10F7N/c20-14-7-5-11(6-8-14)13-9-12-3-1-2-4-15(12)16(10-13)27-18(23,24)17(21,22)19(27,25)26/h1-10H. The van der Waals surface area contributed by atoms with E-state index in [1.165, 1.54) is 36.4 Å². The van der Waals surface area contributed by atoms with Crippen molar-refractivity contribution in [2.45, 2.75) is 18.0 Å². The van der Waals surface area contributed by atoms with Crippen LogP contribution >= 0.6 is 0 Å². The summed E-state index contributed by atoms with van der Waals surface area (Å²) in [5.41, 5.74) is -0.152. The maximum atomic E-state index is 13.9. The maximum Gasteiger partial charge on any atom is 0.412 e. The molecule has 140 valence electrons. The van der Waals surface area contributed by atoms with Crippen molar-refractivity contribution in [2.75, 3.05) is 4.90 Å². The summed E-state index contributed by atoms with van der Waals surface area (Å²) in [6.45, 7) is 0. The van der Waals surface area contributed by atoms with E-state index in [1.807, 2.05) is 0 Å². The van der Waals surface area contributed by atoms with Crippen LogP contribution in [0.2, 0.25) is 0 Å². The Kier molecular flexibility index (Phi) is 3.51. The third-order valence-corrected chi connectivity index (χ3v) is 4.58. The Morgan fingerprint density at radius 1 is 0.667 bits per heavy atom. The Hall–Kier alpha value is -2.77. The minimum atomic E-state index is -5.49. The fourth-order valence-electron chi connectivity index (χ4n) is 3.17. The van der Waals surface area contributed by atoms with Crippen LogP contribution in [-0.4, -0.2) is 18.0 Å². The Labute approximate surface area is 148 Å². The Morgan fingerprint density at radius 3 is 1.89 bits per heavy atom. The first-order valence-electron chi connectivity index (χ1n) is 7.80. The molecule has 0 aliphatic carbocycles. The topological polar surface area (TPSA) is 3.24 Å². The molecule has 1 fully saturated rings. The van der Waals surface area contributed by atoms with Crippen LogP contribution in [0.1, 0.15) is 0 Å². The van der Waals surface area contributed by atoms with E-state index in [1.54, 1.807) is 6.07 Å². The van der Waals surface area contributed by atoms with E-state index in [-0.39, 0.29) is 10.9 Å². The van der Waals surface area contributed by atoms with Gasteiger partial charge >= 0.3 is 18.0 Å². The van der Waals surface area contributed by atoms with Crippen LogP contribution in [0.4, 0.5) is 36.4 Å². The van der Waals surface area contributed by atoms with Gasteiger partial charge in [0.2, 0.25) is 0 Å². The maximum absolute atomic E-state index is 13.9. The molecule has 0 N–H and O–H groups in total. The van der Waals surface area contributed by atoms with Crippen LogP contribution in [-0.2, 0) is 0 Å². The molecule has 0 aromatic heterocycles. The number of hydrogen-bond donors (Lipinski definition) is 0. The van der Waals surface area contributed by atoms with Gasteiger partial charge in [-0.3, -0.25) is 0 Å². The summed E-state index contributed by atoms with van der Waals surface area (Å²) in [7, 11) is 0. The second-order valence-electron chi connectivity index (χ2n) is 6.22. The molecule has 0 bridgehead atoms. The van der Waals surface area contributed by atoms with E-state index in [0.717, 1.165) is 18.2 Å². The molecule has 0 amide bonds. The van der Waals surface area contributed by atoms with Crippen molar-refractivity contribution in [3.63, 3.8) is 0 Å². The van der Waals surface area contributed by atoms with Crippen LogP contribution in [0, 0.1) is 5.82 Å². The minimum Gasteiger partial charge on any atom is -0.242 e.